The molecular formula is C21H20ClN3O3. The summed E-state index contributed by atoms with van der Waals surface area (Å²) in [6, 6.07) is 13.9. The van der Waals surface area contributed by atoms with Gasteiger partial charge in [0.25, 0.3) is 5.91 Å². The largest absolute Gasteiger partial charge is 0.325 e. The van der Waals surface area contributed by atoms with Crippen LogP contribution < -0.4 is 10.2 Å². The van der Waals surface area contributed by atoms with Gasteiger partial charge in [0.2, 0.25) is 5.91 Å². The van der Waals surface area contributed by atoms with Crippen molar-refractivity contribution in [1.82, 2.24) is 10.2 Å². The van der Waals surface area contributed by atoms with Gasteiger partial charge in [-0.15, -0.1) is 0 Å². The molecule has 4 amide bonds. The number of nitrogens with one attached hydrogen (secondary N) is 1. The Hall–Kier alpha value is -2.86. The van der Waals surface area contributed by atoms with Crippen LogP contribution in [0.4, 0.5) is 10.5 Å². The number of anilines is 1. The Kier molecular flexibility index (Phi) is 4.38. The highest BCUT2D eigenvalue weighted by Gasteiger charge is 2.50. The summed E-state index contributed by atoms with van der Waals surface area (Å²) >= 11 is 6.24. The molecule has 1 saturated heterocycles. The number of carbonyl (C=O) groups excluding carboxylic acids is 3. The quantitative estimate of drug-likeness (QED) is 0.809. The highest BCUT2D eigenvalue weighted by atomic mass is 35.5. The number of hydrogen-bond acceptors (Lipinski definition) is 3. The molecule has 0 spiro atoms. The van der Waals surface area contributed by atoms with Crippen molar-refractivity contribution in [3.63, 3.8) is 0 Å². The number of amides is 4. The first-order chi connectivity index (χ1) is 13.3. The molecule has 1 N–H and O–H groups in total. The predicted molar refractivity (Wildman–Crippen MR) is 106 cm³/mol. The Morgan fingerprint density at radius 3 is 2.61 bits per heavy atom. The molecule has 0 unspecified atom stereocenters. The van der Waals surface area contributed by atoms with Crippen LogP contribution in [0.15, 0.2) is 48.5 Å². The molecule has 2 aliphatic rings. The van der Waals surface area contributed by atoms with Crippen LogP contribution >= 0.6 is 11.6 Å². The number of nitrogens with zero attached hydrogens (tertiary/aromatic N) is 2. The molecule has 6 nitrogen and oxygen atoms in total. The van der Waals surface area contributed by atoms with Gasteiger partial charge >= 0.3 is 6.03 Å². The highest BCUT2D eigenvalue weighted by molar-refractivity contribution is 6.32. The fourth-order valence-electron chi connectivity index (χ4n) is 4.05. The Balaban J connectivity index is 1.59. The predicted octanol–water partition coefficient (Wildman–Crippen LogP) is 3.08. The van der Waals surface area contributed by atoms with E-state index >= 15 is 0 Å². The molecule has 28 heavy (non-hydrogen) atoms. The third-order valence-electron chi connectivity index (χ3n) is 5.46. The van der Waals surface area contributed by atoms with E-state index in [-0.39, 0.29) is 18.5 Å². The Labute approximate surface area is 168 Å². The average Bonchev–Trinajstić information content (AvgIpc) is 3.10. The minimum atomic E-state index is -1.30. The van der Waals surface area contributed by atoms with Crippen LogP contribution in [0.2, 0.25) is 5.02 Å². The van der Waals surface area contributed by atoms with Gasteiger partial charge in [-0.05, 0) is 38.0 Å². The Morgan fingerprint density at radius 1 is 1.18 bits per heavy atom. The molecule has 7 heteroatoms. The fourth-order valence-corrected chi connectivity index (χ4v) is 4.37. The average molecular weight is 398 g/mol. The van der Waals surface area contributed by atoms with Crippen molar-refractivity contribution >= 4 is 35.1 Å². The standard InChI is InChI=1S/C21H20ClN3O3/c1-13-11-14-7-3-6-10-17(14)25(13)18(26)12-24-19(27)21(2,23-20(24)28)15-8-4-5-9-16(15)22/h3-10,13H,11-12H2,1-2H3,(H,23,28)/t13-,21+/m1/s1. The van der Waals surface area contributed by atoms with Crippen LogP contribution in [0.25, 0.3) is 0 Å². The second kappa shape index (κ2) is 6.63. The maximum absolute atomic E-state index is 13.1. The van der Waals surface area contributed by atoms with Gasteiger partial charge in [-0.25, -0.2) is 4.79 Å². The lowest BCUT2D eigenvalue weighted by Gasteiger charge is -2.26. The first-order valence-electron chi connectivity index (χ1n) is 9.12. The molecular weight excluding hydrogens is 378 g/mol. The molecule has 2 heterocycles. The number of fused-ring (bicyclic) bond motifs is 1. The van der Waals surface area contributed by atoms with Gasteiger partial charge in [-0.3, -0.25) is 14.5 Å². The molecule has 0 aliphatic carbocycles. The molecule has 1 fully saturated rings. The van der Waals surface area contributed by atoms with Gasteiger partial charge in [-0.2, -0.15) is 0 Å². The van der Waals surface area contributed by atoms with Crippen LogP contribution in [0.1, 0.15) is 25.0 Å². The third-order valence-corrected chi connectivity index (χ3v) is 5.79. The van der Waals surface area contributed by atoms with Crippen LogP contribution in [0.5, 0.6) is 0 Å². The smallest absolute Gasteiger partial charge is 0.319 e. The van der Waals surface area contributed by atoms with Crippen LogP contribution in [-0.2, 0) is 21.5 Å². The number of benzene rings is 2. The van der Waals surface area contributed by atoms with Crippen molar-refractivity contribution in [2.24, 2.45) is 0 Å². The van der Waals surface area contributed by atoms with E-state index in [4.69, 9.17) is 11.6 Å². The lowest BCUT2D eigenvalue weighted by molar-refractivity contribution is -0.134. The second-order valence-corrected chi connectivity index (χ2v) is 7.78. The number of carbonyl (C=O) groups is 3. The van der Waals surface area contributed by atoms with Crippen molar-refractivity contribution in [3.8, 4) is 0 Å². The molecule has 144 valence electrons. The van der Waals surface area contributed by atoms with E-state index in [9.17, 15) is 14.4 Å². The van der Waals surface area contributed by atoms with Gasteiger partial charge in [0.05, 0.1) is 0 Å². The summed E-state index contributed by atoms with van der Waals surface area (Å²) in [5.41, 5.74) is 1.12. The molecule has 0 saturated carbocycles. The van der Waals surface area contributed by atoms with Crippen molar-refractivity contribution < 1.29 is 14.4 Å². The summed E-state index contributed by atoms with van der Waals surface area (Å²) < 4.78 is 0. The molecule has 2 atom stereocenters. The summed E-state index contributed by atoms with van der Waals surface area (Å²) in [4.78, 5) is 41.3. The SMILES string of the molecule is C[C@@H]1Cc2ccccc2N1C(=O)CN1C(=O)N[C@@](C)(c2ccccc2Cl)C1=O. The Bertz CT molecular complexity index is 992. The molecule has 0 aromatic heterocycles. The zero-order chi connectivity index (χ0) is 20.1. The summed E-state index contributed by atoms with van der Waals surface area (Å²) in [5, 5.41) is 3.08. The molecule has 2 aromatic carbocycles. The first kappa shape index (κ1) is 18.5. The zero-order valence-corrected chi connectivity index (χ0v) is 16.4. The number of halogens is 1. The molecule has 0 radical (unpaired) electrons. The van der Waals surface area contributed by atoms with E-state index in [1.165, 1.54) is 0 Å². The summed E-state index contributed by atoms with van der Waals surface area (Å²) in [6.07, 6.45) is 0.749. The maximum atomic E-state index is 13.1. The van der Waals surface area contributed by atoms with Crippen molar-refractivity contribution in [1.29, 1.82) is 0 Å². The van der Waals surface area contributed by atoms with Gasteiger partial charge in [-0.1, -0.05) is 48.0 Å². The number of para-hydroxylation sites is 1. The molecule has 2 aliphatic heterocycles. The van der Waals surface area contributed by atoms with Crippen molar-refractivity contribution in [2.75, 3.05) is 11.4 Å². The van der Waals surface area contributed by atoms with Crippen molar-refractivity contribution in [3.05, 3.63) is 64.7 Å². The van der Waals surface area contributed by atoms with Crippen molar-refractivity contribution in [2.45, 2.75) is 31.8 Å². The van der Waals surface area contributed by atoms with Gasteiger partial charge < -0.3 is 10.2 Å². The Morgan fingerprint density at radius 2 is 1.86 bits per heavy atom. The fraction of sp³-hybridized carbons (Fsp3) is 0.286. The topological polar surface area (TPSA) is 69.7 Å². The zero-order valence-electron chi connectivity index (χ0n) is 15.6. The normalized spacial score (nSPS) is 23.8. The highest BCUT2D eigenvalue weighted by Crippen LogP contribution is 2.35. The van der Waals surface area contributed by atoms with E-state index < -0.39 is 17.5 Å². The van der Waals surface area contributed by atoms with Gasteiger partial charge in [0, 0.05) is 22.3 Å². The number of hydrogen-bond donors (Lipinski definition) is 1. The van der Waals surface area contributed by atoms with Gasteiger partial charge in [0.15, 0.2) is 0 Å². The van der Waals surface area contributed by atoms with Crippen LogP contribution in [0, 0.1) is 0 Å². The van der Waals surface area contributed by atoms with E-state index in [0.29, 0.717) is 10.6 Å². The molecule has 0 bridgehead atoms. The minimum absolute atomic E-state index is 0.0272. The van der Waals surface area contributed by atoms with Gasteiger partial charge in [0.1, 0.15) is 12.1 Å². The monoisotopic (exact) mass is 397 g/mol. The lowest BCUT2D eigenvalue weighted by Crippen LogP contribution is -2.46. The molecule has 2 aromatic rings. The van der Waals surface area contributed by atoms with Crippen LogP contribution in [-0.4, -0.2) is 35.3 Å². The van der Waals surface area contributed by atoms with E-state index in [1.807, 2.05) is 31.2 Å². The lowest BCUT2D eigenvalue weighted by atomic mass is 9.92. The number of rotatable bonds is 3. The van der Waals surface area contributed by atoms with Crippen LogP contribution in [0.3, 0.4) is 0 Å². The van der Waals surface area contributed by atoms with E-state index in [2.05, 4.69) is 5.32 Å². The summed E-state index contributed by atoms with van der Waals surface area (Å²) in [5.74, 6) is -0.775. The number of urea groups is 1. The third kappa shape index (κ3) is 2.76. The van der Waals surface area contributed by atoms with E-state index in [0.717, 1.165) is 22.6 Å². The van der Waals surface area contributed by atoms with E-state index in [1.54, 1.807) is 36.1 Å². The summed E-state index contributed by atoms with van der Waals surface area (Å²) in [7, 11) is 0. The molecule has 4 rings (SSSR count). The second-order valence-electron chi connectivity index (χ2n) is 7.37. The number of imide groups is 1. The first-order valence-corrected chi connectivity index (χ1v) is 9.50. The maximum Gasteiger partial charge on any atom is 0.325 e. The minimum Gasteiger partial charge on any atom is -0.319 e. The summed E-state index contributed by atoms with van der Waals surface area (Å²) in [6.45, 7) is 3.24.